The molecule has 5 rings (SSSR count). The molecule has 1 amide bonds. The van der Waals surface area contributed by atoms with Gasteiger partial charge in [-0.2, -0.15) is 0 Å². The van der Waals surface area contributed by atoms with E-state index in [0.29, 0.717) is 30.9 Å². The number of carbonyl (C=O) groups excluding carboxylic acids is 1. The molecule has 0 saturated carbocycles. The van der Waals surface area contributed by atoms with Gasteiger partial charge in [-0.05, 0) is 29.3 Å². The van der Waals surface area contributed by atoms with Gasteiger partial charge in [0, 0.05) is 56.4 Å². The largest absolute Gasteiger partial charge is 0.463 e. The van der Waals surface area contributed by atoms with Crippen LogP contribution >= 0.6 is 11.6 Å². The van der Waals surface area contributed by atoms with Gasteiger partial charge in [0.15, 0.2) is 5.58 Å². The number of halogens is 2. The van der Waals surface area contributed by atoms with E-state index in [4.69, 9.17) is 16.0 Å². The second-order valence-corrected chi connectivity index (χ2v) is 8.48. The quantitative estimate of drug-likeness (QED) is 0.427. The Hall–Kier alpha value is -3.09. The molecular formula is C25H23ClFN3O2. The zero-order valence-electron chi connectivity index (χ0n) is 17.5. The lowest BCUT2D eigenvalue weighted by Gasteiger charge is -2.35. The van der Waals surface area contributed by atoms with E-state index in [1.165, 1.54) is 12.1 Å². The maximum atomic E-state index is 13.7. The molecule has 2 aromatic carbocycles. The van der Waals surface area contributed by atoms with Crippen LogP contribution < -0.4 is 0 Å². The molecule has 0 unspecified atom stereocenters. The van der Waals surface area contributed by atoms with Crippen molar-refractivity contribution in [1.29, 1.82) is 0 Å². The molecule has 7 heteroatoms. The summed E-state index contributed by atoms with van der Waals surface area (Å²) in [7, 11) is 0. The first-order chi connectivity index (χ1) is 15.6. The third-order valence-corrected chi connectivity index (χ3v) is 6.35. The minimum atomic E-state index is -0.291. The summed E-state index contributed by atoms with van der Waals surface area (Å²) >= 11 is 6.30. The molecule has 2 aromatic heterocycles. The second kappa shape index (κ2) is 8.81. The van der Waals surface area contributed by atoms with Crippen LogP contribution in [-0.4, -0.2) is 46.5 Å². The third-order valence-electron chi connectivity index (χ3n) is 5.98. The first kappa shape index (κ1) is 20.8. The standard InChI is InChI=1S/C25H23ClFN3O2/c26-21-7-2-1-5-19(21)17-28-9-11-29(12-10-28)25(31)23-15-24-22(8-13-32-24)30(23)16-18-4-3-6-20(27)14-18/h1-8,13-15H,9-12,16-17H2. The van der Waals surface area contributed by atoms with Gasteiger partial charge in [-0.1, -0.05) is 41.9 Å². The van der Waals surface area contributed by atoms with Crippen molar-refractivity contribution in [1.82, 2.24) is 14.4 Å². The van der Waals surface area contributed by atoms with Gasteiger partial charge >= 0.3 is 0 Å². The number of rotatable bonds is 5. The Bertz CT molecular complexity index is 1260. The lowest BCUT2D eigenvalue weighted by molar-refractivity contribution is 0.0619. The first-order valence-electron chi connectivity index (χ1n) is 10.6. The fourth-order valence-electron chi connectivity index (χ4n) is 4.28. The van der Waals surface area contributed by atoms with E-state index in [1.54, 1.807) is 18.4 Å². The van der Waals surface area contributed by atoms with Gasteiger partial charge in [-0.25, -0.2) is 4.39 Å². The maximum Gasteiger partial charge on any atom is 0.270 e. The second-order valence-electron chi connectivity index (χ2n) is 8.08. The Kier molecular flexibility index (Phi) is 5.72. The van der Waals surface area contributed by atoms with Crippen molar-refractivity contribution < 1.29 is 13.6 Å². The van der Waals surface area contributed by atoms with Crippen LogP contribution in [0.3, 0.4) is 0 Å². The predicted octanol–water partition coefficient (Wildman–Crippen LogP) is 5.03. The van der Waals surface area contributed by atoms with E-state index in [0.717, 1.165) is 41.3 Å². The normalized spacial score (nSPS) is 14.9. The van der Waals surface area contributed by atoms with Gasteiger partial charge in [0.2, 0.25) is 0 Å². The van der Waals surface area contributed by atoms with Crippen LogP contribution in [0.5, 0.6) is 0 Å². The van der Waals surface area contributed by atoms with Crippen molar-refractivity contribution in [3.05, 3.63) is 94.6 Å². The summed E-state index contributed by atoms with van der Waals surface area (Å²) in [5, 5.41) is 0.767. The third kappa shape index (κ3) is 4.16. The summed E-state index contributed by atoms with van der Waals surface area (Å²) < 4.78 is 21.2. The number of nitrogens with zero attached hydrogens (tertiary/aromatic N) is 3. The average molecular weight is 452 g/mol. The highest BCUT2D eigenvalue weighted by atomic mass is 35.5. The number of furan rings is 1. The molecular weight excluding hydrogens is 429 g/mol. The lowest BCUT2D eigenvalue weighted by Crippen LogP contribution is -2.48. The van der Waals surface area contributed by atoms with Crippen LogP contribution in [-0.2, 0) is 13.1 Å². The van der Waals surface area contributed by atoms with E-state index >= 15 is 0 Å². The summed E-state index contributed by atoms with van der Waals surface area (Å²) in [6, 6.07) is 17.9. The first-order valence-corrected chi connectivity index (χ1v) is 11.0. The number of piperazine rings is 1. The maximum absolute atomic E-state index is 13.7. The Morgan fingerprint density at radius 3 is 2.56 bits per heavy atom. The highest BCUT2D eigenvalue weighted by Crippen LogP contribution is 2.25. The molecule has 5 nitrogen and oxygen atoms in total. The molecule has 32 heavy (non-hydrogen) atoms. The Morgan fingerprint density at radius 1 is 0.969 bits per heavy atom. The van der Waals surface area contributed by atoms with Crippen molar-refractivity contribution in [2.75, 3.05) is 26.2 Å². The highest BCUT2D eigenvalue weighted by molar-refractivity contribution is 6.31. The molecule has 0 atom stereocenters. The average Bonchev–Trinajstić information content (AvgIpc) is 3.38. The van der Waals surface area contributed by atoms with Crippen molar-refractivity contribution in [2.45, 2.75) is 13.1 Å². The van der Waals surface area contributed by atoms with Crippen LogP contribution in [0.2, 0.25) is 5.02 Å². The van der Waals surface area contributed by atoms with Gasteiger partial charge in [0.05, 0.1) is 11.8 Å². The summed E-state index contributed by atoms with van der Waals surface area (Å²) in [6.45, 7) is 3.99. The van der Waals surface area contributed by atoms with E-state index in [1.807, 2.05) is 45.9 Å². The summed E-state index contributed by atoms with van der Waals surface area (Å²) in [5.74, 6) is -0.328. The van der Waals surface area contributed by atoms with Crippen LogP contribution in [0.4, 0.5) is 4.39 Å². The lowest BCUT2D eigenvalue weighted by atomic mass is 10.2. The smallest absolute Gasteiger partial charge is 0.270 e. The number of fused-ring (bicyclic) bond motifs is 1. The Morgan fingerprint density at radius 2 is 1.78 bits per heavy atom. The number of benzene rings is 2. The molecule has 0 radical (unpaired) electrons. The number of hydrogen-bond donors (Lipinski definition) is 0. The number of hydrogen-bond acceptors (Lipinski definition) is 3. The molecule has 0 bridgehead atoms. The SMILES string of the molecule is O=C(c1cc2occc2n1Cc1cccc(F)c1)N1CCN(Cc2ccccc2Cl)CC1. The molecule has 164 valence electrons. The Balaban J connectivity index is 1.32. The molecule has 0 aliphatic carbocycles. The predicted molar refractivity (Wildman–Crippen MR) is 122 cm³/mol. The van der Waals surface area contributed by atoms with E-state index in [-0.39, 0.29) is 11.7 Å². The molecule has 1 saturated heterocycles. The molecule has 0 N–H and O–H groups in total. The van der Waals surface area contributed by atoms with Gasteiger partial charge in [0.1, 0.15) is 11.5 Å². The summed E-state index contributed by atoms with van der Waals surface area (Å²) in [6.07, 6.45) is 1.61. The van der Waals surface area contributed by atoms with Crippen LogP contribution in [0, 0.1) is 5.82 Å². The fourth-order valence-corrected chi connectivity index (χ4v) is 4.48. The molecule has 4 aromatic rings. The zero-order valence-corrected chi connectivity index (χ0v) is 18.3. The van der Waals surface area contributed by atoms with Gasteiger partial charge in [-0.15, -0.1) is 0 Å². The van der Waals surface area contributed by atoms with Crippen LogP contribution in [0.25, 0.3) is 11.1 Å². The van der Waals surface area contributed by atoms with Crippen LogP contribution in [0.1, 0.15) is 21.6 Å². The number of amides is 1. The molecule has 1 fully saturated rings. The monoisotopic (exact) mass is 451 g/mol. The fraction of sp³-hybridized carbons (Fsp3) is 0.240. The highest BCUT2D eigenvalue weighted by Gasteiger charge is 2.26. The van der Waals surface area contributed by atoms with Crippen molar-refractivity contribution in [3.8, 4) is 0 Å². The van der Waals surface area contributed by atoms with Gasteiger partial charge in [-0.3, -0.25) is 9.69 Å². The van der Waals surface area contributed by atoms with E-state index in [2.05, 4.69) is 4.90 Å². The topological polar surface area (TPSA) is 41.6 Å². The van der Waals surface area contributed by atoms with Crippen molar-refractivity contribution in [3.63, 3.8) is 0 Å². The molecule has 3 heterocycles. The number of carbonyl (C=O) groups is 1. The zero-order chi connectivity index (χ0) is 22.1. The molecule has 0 spiro atoms. The van der Waals surface area contributed by atoms with Crippen molar-refractivity contribution >= 4 is 28.6 Å². The van der Waals surface area contributed by atoms with Gasteiger partial charge < -0.3 is 13.9 Å². The summed E-state index contributed by atoms with van der Waals surface area (Å²) in [5.41, 5.74) is 3.93. The molecule has 1 aliphatic heterocycles. The summed E-state index contributed by atoms with van der Waals surface area (Å²) in [4.78, 5) is 17.6. The molecule has 1 aliphatic rings. The van der Waals surface area contributed by atoms with Crippen LogP contribution in [0.15, 0.2) is 71.3 Å². The van der Waals surface area contributed by atoms with E-state index < -0.39 is 0 Å². The number of aromatic nitrogens is 1. The Labute approximate surface area is 190 Å². The van der Waals surface area contributed by atoms with Crippen molar-refractivity contribution in [2.24, 2.45) is 0 Å². The minimum Gasteiger partial charge on any atom is -0.463 e. The minimum absolute atomic E-state index is 0.0369. The van der Waals surface area contributed by atoms with E-state index in [9.17, 15) is 9.18 Å². The van der Waals surface area contributed by atoms with Gasteiger partial charge in [0.25, 0.3) is 5.91 Å².